The number of carbonyl (C=O) groups is 2. The number of aromatic nitrogens is 1. The summed E-state index contributed by atoms with van der Waals surface area (Å²) >= 11 is 0. The van der Waals surface area contributed by atoms with Crippen LogP contribution in [0.5, 0.6) is 0 Å². The van der Waals surface area contributed by atoms with Crippen LogP contribution in [0.3, 0.4) is 0 Å². The number of likely N-dealkylation sites (tertiary alicyclic amines) is 1. The predicted molar refractivity (Wildman–Crippen MR) is 101 cm³/mol. The van der Waals surface area contributed by atoms with Crippen molar-refractivity contribution in [3.8, 4) is 6.07 Å². The Kier molecular flexibility index (Phi) is 7.19. The first-order valence-corrected chi connectivity index (χ1v) is 9.16. The highest BCUT2D eigenvalue weighted by atomic mass is 16.5. The molecule has 1 aromatic rings. The molecule has 1 amide bonds. The van der Waals surface area contributed by atoms with Crippen molar-refractivity contribution >= 4 is 18.0 Å². The molecule has 146 valence electrons. The number of nitrogens with zero attached hydrogens (tertiary/aromatic N) is 3. The smallest absolute Gasteiger partial charge is 0.349 e. The van der Waals surface area contributed by atoms with Crippen LogP contribution in [0.25, 0.3) is 6.08 Å². The normalized spacial score (nSPS) is 15.5. The summed E-state index contributed by atoms with van der Waals surface area (Å²) in [6, 6.07) is 3.80. The maximum Gasteiger partial charge on any atom is 0.349 e. The maximum atomic E-state index is 12.4. The van der Waals surface area contributed by atoms with Crippen molar-refractivity contribution in [3.05, 3.63) is 28.6 Å². The van der Waals surface area contributed by atoms with E-state index in [2.05, 4.69) is 4.57 Å². The minimum absolute atomic E-state index is 0.122. The molecule has 0 N–H and O–H groups in total. The summed E-state index contributed by atoms with van der Waals surface area (Å²) in [5, 5.41) is 9.39. The topological polar surface area (TPSA) is 84.6 Å². The summed E-state index contributed by atoms with van der Waals surface area (Å²) in [4.78, 5) is 26.3. The molecule has 1 aromatic heterocycles. The molecule has 0 spiro atoms. The number of carbonyl (C=O) groups excluding carboxylic acids is 2. The van der Waals surface area contributed by atoms with Gasteiger partial charge in [0.05, 0.1) is 6.61 Å². The van der Waals surface area contributed by atoms with Gasteiger partial charge in [-0.15, -0.1) is 0 Å². The lowest BCUT2D eigenvalue weighted by atomic mass is 10.1. The van der Waals surface area contributed by atoms with Crippen LogP contribution in [0.4, 0.5) is 0 Å². The zero-order chi connectivity index (χ0) is 20.0. The molecule has 2 heterocycles. The minimum Gasteiger partial charge on any atom is -0.448 e. The molecule has 1 aliphatic heterocycles. The van der Waals surface area contributed by atoms with Crippen LogP contribution >= 0.6 is 0 Å². The number of amides is 1. The van der Waals surface area contributed by atoms with E-state index in [0.29, 0.717) is 26.2 Å². The summed E-state index contributed by atoms with van der Waals surface area (Å²) in [6.07, 6.45) is 2.55. The Bertz CT molecular complexity index is 767. The zero-order valence-electron chi connectivity index (χ0n) is 16.4. The van der Waals surface area contributed by atoms with Gasteiger partial charge in [0.15, 0.2) is 6.10 Å². The van der Waals surface area contributed by atoms with Crippen molar-refractivity contribution in [3.63, 3.8) is 0 Å². The van der Waals surface area contributed by atoms with E-state index in [1.54, 1.807) is 18.9 Å². The largest absolute Gasteiger partial charge is 0.448 e. The van der Waals surface area contributed by atoms with E-state index in [9.17, 15) is 14.9 Å². The van der Waals surface area contributed by atoms with Crippen LogP contribution in [-0.2, 0) is 25.6 Å². The van der Waals surface area contributed by atoms with E-state index in [0.717, 1.165) is 29.8 Å². The molecular weight excluding hydrogens is 346 g/mol. The fourth-order valence-electron chi connectivity index (χ4n) is 3.26. The van der Waals surface area contributed by atoms with Gasteiger partial charge in [-0.25, -0.2) is 4.79 Å². The van der Waals surface area contributed by atoms with Gasteiger partial charge in [-0.05, 0) is 51.3 Å². The molecule has 1 saturated heterocycles. The third-order valence-electron chi connectivity index (χ3n) is 4.82. The van der Waals surface area contributed by atoms with Crippen LogP contribution in [0.15, 0.2) is 11.6 Å². The first-order chi connectivity index (χ1) is 12.9. The Labute approximate surface area is 160 Å². The third kappa shape index (κ3) is 4.98. The second-order valence-corrected chi connectivity index (χ2v) is 6.72. The van der Waals surface area contributed by atoms with Crippen LogP contribution in [0, 0.1) is 25.2 Å². The van der Waals surface area contributed by atoms with E-state index in [-0.39, 0.29) is 11.5 Å². The minimum atomic E-state index is -0.901. The fourth-order valence-corrected chi connectivity index (χ4v) is 3.26. The third-order valence-corrected chi connectivity index (χ3v) is 4.82. The molecule has 0 bridgehead atoms. The lowest BCUT2D eigenvalue weighted by Gasteiger charge is -2.20. The summed E-state index contributed by atoms with van der Waals surface area (Å²) in [5.41, 5.74) is 2.60. The maximum absolute atomic E-state index is 12.4. The van der Waals surface area contributed by atoms with Crippen molar-refractivity contribution < 1.29 is 19.1 Å². The van der Waals surface area contributed by atoms with Gasteiger partial charge in [-0.1, -0.05) is 0 Å². The Hall–Kier alpha value is -2.59. The van der Waals surface area contributed by atoms with Gasteiger partial charge in [0, 0.05) is 38.1 Å². The molecule has 7 nitrogen and oxygen atoms in total. The van der Waals surface area contributed by atoms with Gasteiger partial charge in [-0.2, -0.15) is 5.26 Å². The van der Waals surface area contributed by atoms with Crippen molar-refractivity contribution in [2.75, 3.05) is 26.8 Å². The predicted octanol–water partition coefficient (Wildman–Crippen LogP) is 2.21. The number of hydrogen-bond donors (Lipinski definition) is 0. The molecule has 0 aromatic carbocycles. The molecule has 0 radical (unpaired) electrons. The van der Waals surface area contributed by atoms with Crippen LogP contribution in [-0.4, -0.2) is 54.3 Å². The monoisotopic (exact) mass is 373 g/mol. The van der Waals surface area contributed by atoms with Gasteiger partial charge >= 0.3 is 5.97 Å². The van der Waals surface area contributed by atoms with E-state index in [1.807, 2.05) is 26.0 Å². The van der Waals surface area contributed by atoms with Crippen LogP contribution in [0.1, 0.15) is 36.7 Å². The molecule has 1 aliphatic rings. The molecule has 2 rings (SSSR count). The summed E-state index contributed by atoms with van der Waals surface area (Å²) < 4.78 is 12.4. The van der Waals surface area contributed by atoms with Gasteiger partial charge in [0.1, 0.15) is 11.6 Å². The summed E-state index contributed by atoms with van der Waals surface area (Å²) in [7, 11) is 1.64. The van der Waals surface area contributed by atoms with Gasteiger partial charge in [0.2, 0.25) is 0 Å². The number of nitriles is 1. The van der Waals surface area contributed by atoms with E-state index in [4.69, 9.17) is 9.47 Å². The first-order valence-electron chi connectivity index (χ1n) is 9.16. The quantitative estimate of drug-likeness (QED) is 0.416. The van der Waals surface area contributed by atoms with E-state index < -0.39 is 12.1 Å². The Morgan fingerprint density at radius 1 is 1.33 bits per heavy atom. The lowest BCUT2D eigenvalue weighted by Crippen LogP contribution is -2.38. The second kappa shape index (κ2) is 9.38. The summed E-state index contributed by atoms with van der Waals surface area (Å²) in [6.45, 7) is 8.07. The molecule has 0 unspecified atom stereocenters. The van der Waals surface area contributed by atoms with E-state index in [1.165, 1.54) is 6.08 Å². The highest BCUT2D eigenvalue weighted by Gasteiger charge is 2.27. The molecule has 0 aliphatic carbocycles. The van der Waals surface area contributed by atoms with Crippen LogP contribution < -0.4 is 0 Å². The van der Waals surface area contributed by atoms with Crippen LogP contribution in [0.2, 0.25) is 0 Å². The number of methoxy groups -OCH3 is 1. The van der Waals surface area contributed by atoms with Crippen molar-refractivity contribution in [2.24, 2.45) is 0 Å². The molecule has 1 fully saturated rings. The number of aryl methyl sites for hydroxylation is 1. The Morgan fingerprint density at radius 3 is 2.59 bits per heavy atom. The zero-order valence-corrected chi connectivity index (χ0v) is 16.4. The number of hydrogen-bond acceptors (Lipinski definition) is 5. The second-order valence-electron chi connectivity index (χ2n) is 6.72. The van der Waals surface area contributed by atoms with Gasteiger partial charge in [0.25, 0.3) is 5.91 Å². The average molecular weight is 373 g/mol. The highest BCUT2D eigenvalue weighted by molar-refractivity contribution is 5.99. The van der Waals surface area contributed by atoms with E-state index >= 15 is 0 Å². The Morgan fingerprint density at radius 2 is 2.00 bits per heavy atom. The standard InChI is InChI=1S/C20H27N3O4/c1-14-11-17(15(2)23(14)9-10-26-4)12-18(13-21)20(25)27-16(3)19(24)22-7-5-6-8-22/h11-12,16H,5-10H2,1-4H3/b18-12+/t16-/m0/s1. The number of ether oxygens (including phenoxy) is 2. The SMILES string of the molecule is COCCn1c(C)cc(/C=C(\C#N)C(=O)O[C@@H](C)C(=O)N2CCCC2)c1C. The van der Waals surface area contributed by atoms with Crippen molar-refractivity contribution in [1.82, 2.24) is 9.47 Å². The van der Waals surface area contributed by atoms with Gasteiger partial charge < -0.3 is 18.9 Å². The molecule has 27 heavy (non-hydrogen) atoms. The van der Waals surface area contributed by atoms with Crippen molar-refractivity contribution in [1.29, 1.82) is 5.26 Å². The number of rotatable bonds is 7. The average Bonchev–Trinajstić information content (AvgIpc) is 3.26. The van der Waals surface area contributed by atoms with Crippen molar-refractivity contribution in [2.45, 2.75) is 46.3 Å². The molecule has 1 atom stereocenters. The fraction of sp³-hybridized carbons (Fsp3) is 0.550. The highest BCUT2D eigenvalue weighted by Crippen LogP contribution is 2.19. The number of esters is 1. The van der Waals surface area contributed by atoms with Gasteiger partial charge in [-0.3, -0.25) is 4.79 Å². The molecular formula is C20H27N3O4. The lowest BCUT2D eigenvalue weighted by molar-refractivity contribution is -0.155. The first kappa shape index (κ1) is 20.7. The Balaban J connectivity index is 2.12. The molecule has 0 saturated carbocycles. The summed E-state index contributed by atoms with van der Waals surface area (Å²) in [5.74, 6) is -0.991. The molecule has 7 heteroatoms.